The number of aromatic nitrogens is 3. The Bertz CT molecular complexity index is 631. The zero-order chi connectivity index (χ0) is 16.7. The minimum Gasteiger partial charge on any atom is -0.483 e. The maximum absolute atomic E-state index is 11.5. The standard InChI is InChI=1S/C16H21N3O3S/c1-4-19-15(12(3)22-13-9-7-6-8-10-13)17-18-16(19)23-11-14(20)21-5-2/h6-10,12H,4-5,11H2,1-3H3. The van der Waals surface area contributed by atoms with Gasteiger partial charge in [-0.15, -0.1) is 10.2 Å². The number of rotatable bonds is 8. The number of hydrogen-bond acceptors (Lipinski definition) is 6. The third-order valence-corrected chi connectivity index (χ3v) is 4.05. The molecular weight excluding hydrogens is 314 g/mol. The van der Waals surface area contributed by atoms with Crippen LogP contribution in [-0.2, 0) is 16.1 Å². The summed E-state index contributed by atoms with van der Waals surface area (Å²) in [5.74, 6) is 1.49. The molecule has 0 radical (unpaired) electrons. The molecule has 1 aromatic carbocycles. The zero-order valence-electron chi connectivity index (χ0n) is 13.6. The van der Waals surface area contributed by atoms with Gasteiger partial charge in [0.2, 0.25) is 0 Å². The van der Waals surface area contributed by atoms with Gasteiger partial charge in [-0.3, -0.25) is 4.79 Å². The van der Waals surface area contributed by atoms with Crippen LogP contribution in [0.1, 0.15) is 32.7 Å². The molecular formula is C16H21N3O3S. The number of thioether (sulfide) groups is 1. The molecule has 23 heavy (non-hydrogen) atoms. The third kappa shape index (κ3) is 4.72. The summed E-state index contributed by atoms with van der Waals surface area (Å²) < 4.78 is 12.8. The predicted molar refractivity (Wildman–Crippen MR) is 88.5 cm³/mol. The molecule has 7 heteroatoms. The zero-order valence-corrected chi connectivity index (χ0v) is 14.4. The van der Waals surface area contributed by atoms with Gasteiger partial charge < -0.3 is 14.0 Å². The van der Waals surface area contributed by atoms with E-state index in [4.69, 9.17) is 9.47 Å². The lowest BCUT2D eigenvalue weighted by Gasteiger charge is -2.15. The molecule has 1 heterocycles. The first kappa shape index (κ1) is 17.3. The molecule has 124 valence electrons. The van der Waals surface area contributed by atoms with Gasteiger partial charge in [-0.1, -0.05) is 30.0 Å². The van der Waals surface area contributed by atoms with E-state index in [0.717, 1.165) is 11.6 Å². The highest BCUT2D eigenvalue weighted by molar-refractivity contribution is 7.99. The van der Waals surface area contributed by atoms with E-state index in [1.807, 2.05) is 48.7 Å². The normalized spacial score (nSPS) is 12.0. The van der Waals surface area contributed by atoms with Crippen molar-refractivity contribution >= 4 is 17.7 Å². The average Bonchev–Trinajstić information content (AvgIpc) is 2.97. The largest absolute Gasteiger partial charge is 0.483 e. The van der Waals surface area contributed by atoms with Crippen LogP contribution in [-0.4, -0.2) is 33.1 Å². The van der Waals surface area contributed by atoms with Crippen molar-refractivity contribution in [3.63, 3.8) is 0 Å². The Balaban J connectivity index is 2.06. The van der Waals surface area contributed by atoms with Crippen LogP contribution in [0.15, 0.2) is 35.5 Å². The summed E-state index contributed by atoms with van der Waals surface area (Å²) >= 11 is 1.32. The van der Waals surface area contributed by atoms with E-state index >= 15 is 0 Å². The molecule has 6 nitrogen and oxygen atoms in total. The maximum Gasteiger partial charge on any atom is 0.316 e. The van der Waals surface area contributed by atoms with Gasteiger partial charge in [-0.2, -0.15) is 0 Å². The Hall–Kier alpha value is -2.02. The molecule has 1 aromatic heterocycles. The first-order valence-corrected chi connectivity index (χ1v) is 8.57. The van der Waals surface area contributed by atoms with E-state index in [1.165, 1.54) is 11.8 Å². The summed E-state index contributed by atoms with van der Waals surface area (Å²) in [6.07, 6.45) is -0.234. The number of carbonyl (C=O) groups excluding carboxylic acids is 1. The van der Waals surface area contributed by atoms with Gasteiger partial charge >= 0.3 is 5.97 Å². The molecule has 0 N–H and O–H groups in total. The van der Waals surface area contributed by atoms with E-state index in [-0.39, 0.29) is 17.8 Å². The number of ether oxygens (including phenoxy) is 2. The van der Waals surface area contributed by atoms with Gasteiger partial charge in [0.25, 0.3) is 0 Å². The quantitative estimate of drug-likeness (QED) is 0.545. The summed E-state index contributed by atoms with van der Waals surface area (Å²) in [4.78, 5) is 11.5. The fourth-order valence-corrected chi connectivity index (χ4v) is 2.89. The highest BCUT2D eigenvalue weighted by Crippen LogP contribution is 2.24. The van der Waals surface area contributed by atoms with Crippen molar-refractivity contribution < 1.29 is 14.3 Å². The van der Waals surface area contributed by atoms with Gasteiger partial charge in [0.05, 0.1) is 12.4 Å². The lowest BCUT2D eigenvalue weighted by molar-refractivity contribution is -0.139. The SMILES string of the molecule is CCOC(=O)CSc1nnc(C(C)Oc2ccccc2)n1CC. The Kier molecular flexibility index (Phi) is 6.46. The molecule has 0 fully saturated rings. The molecule has 0 bridgehead atoms. The summed E-state index contributed by atoms with van der Waals surface area (Å²) in [7, 11) is 0. The van der Waals surface area contributed by atoms with Crippen LogP contribution in [0.5, 0.6) is 5.75 Å². The van der Waals surface area contributed by atoms with Crippen molar-refractivity contribution in [3.8, 4) is 5.75 Å². The van der Waals surface area contributed by atoms with E-state index in [1.54, 1.807) is 6.92 Å². The Labute approximate surface area is 140 Å². The first-order valence-electron chi connectivity index (χ1n) is 7.58. The van der Waals surface area contributed by atoms with Crippen LogP contribution in [0.3, 0.4) is 0 Å². The monoisotopic (exact) mass is 335 g/mol. The molecule has 0 amide bonds. The minimum absolute atomic E-state index is 0.222. The van der Waals surface area contributed by atoms with Crippen molar-refractivity contribution in [1.82, 2.24) is 14.8 Å². The highest BCUT2D eigenvalue weighted by Gasteiger charge is 2.19. The molecule has 1 atom stereocenters. The second-order valence-electron chi connectivity index (χ2n) is 4.75. The van der Waals surface area contributed by atoms with E-state index < -0.39 is 0 Å². The van der Waals surface area contributed by atoms with Crippen molar-refractivity contribution in [2.24, 2.45) is 0 Å². The van der Waals surface area contributed by atoms with Crippen LogP contribution in [0.25, 0.3) is 0 Å². The summed E-state index contributed by atoms with van der Waals surface area (Å²) in [5.41, 5.74) is 0. The summed E-state index contributed by atoms with van der Waals surface area (Å²) in [5, 5.41) is 9.09. The second-order valence-corrected chi connectivity index (χ2v) is 5.69. The van der Waals surface area contributed by atoms with E-state index in [9.17, 15) is 4.79 Å². The van der Waals surface area contributed by atoms with Crippen molar-refractivity contribution in [2.45, 2.75) is 38.6 Å². The average molecular weight is 335 g/mol. The molecule has 0 aliphatic heterocycles. The maximum atomic E-state index is 11.5. The molecule has 0 aliphatic carbocycles. The van der Waals surface area contributed by atoms with E-state index in [0.29, 0.717) is 18.3 Å². The van der Waals surface area contributed by atoms with Gasteiger partial charge in [0.1, 0.15) is 5.75 Å². The highest BCUT2D eigenvalue weighted by atomic mass is 32.2. The van der Waals surface area contributed by atoms with Crippen molar-refractivity contribution in [1.29, 1.82) is 0 Å². The summed E-state index contributed by atoms with van der Waals surface area (Å²) in [6, 6.07) is 9.59. The Morgan fingerprint density at radius 3 is 2.65 bits per heavy atom. The van der Waals surface area contributed by atoms with Crippen LogP contribution >= 0.6 is 11.8 Å². The minimum atomic E-state index is -0.252. The van der Waals surface area contributed by atoms with Crippen LogP contribution in [0.2, 0.25) is 0 Å². The van der Waals surface area contributed by atoms with Gasteiger partial charge in [0, 0.05) is 6.54 Å². The number of hydrogen-bond donors (Lipinski definition) is 0. The van der Waals surface area contributed by atoms with Crippen molar-refractivity contribution in [3.05, 3.63) is 36.2 Å². The lowest BCUT2D eigenvalue weighted by atomic mass is 10.3. The Morgan fingerprint density at radius 2 is 2.00 bits per heavy atom. The summed E-state index contributed by atoms with van der Waals surface area (Å²) in [6.45, 7) is 6.82. The van der Waals surface area contributed by atoms with Gasteiger partial charge in [-0.05, 0) is 32.9 Å². The molecule has 0 saturated heterocycles. The molecule has 2 rings (SSSR count). The smallest absolute Gasteiger partial charge is 0.316 e. The molecule has 1 unspecified atom stereocenters. The van der Waals surface area contributed by atoms with Crippen LogP contribution in [0.4, 0.5) is 0 Å². The number of benzene rings is 1. The van der Waals surface area contributed by atoms with Crippen molar-refractivity contribution in [2.75, 3.05) is 12.4 Å². The first-order chi connectivity index (χ1) is 11.2. The van der Waals surface area contributed by atoms with Gasteiger partial charge in [0.15, 0.2) is 17.1 Å². The number of carbonyl (C=O) groups is 1. The number of esters is 1. The molecule has 0 spiro atoms. The number of nitrogens with zero attached hydrogens (tertiary/aromatic N) is 3. The topological polar surface area (TPSA) is 66.2 Å². The van der Waals surface area contributed by atoms with Crippen LogP contribution < -0.4 is 4.74 Å². The third-order valence-electron chi connectivity index (χ3n) is 3.11. The second kappa shape index (κ2) is 8.57. The fraction of sp³-hybridized carbons (Fsp3) is 0.438. The van der Waals surface area contributed by atoms with E-state index in [2.05, 4.69) is 10.2 Å². The predicted octanol–water partition coefficient (Wildman–Crippen LogP) is 3.09. The van der Waals surface area contributed by atoms with Gasteiger partial charge in [-0.25, -0.2) is 0 Å². The molecule has 2 aromatic rings. The van der Waals surface area contributed by atoms with Crippen LogP contribution in [0, 0.1) is 0 Å². The lowest BCUT2D eigenvalue weighted by Crippen LogP contribution is -2.12. The fourth-order valence-electron chi connectivity index (χ4n) is 2.09. The molecule has 0 aliphatic rings. The Morgan fingerprint density at radius 1 is 1.26 bits per heavy atom. The molecule has 0 saturated carbocycles. The number of para-hydroxylation sites is 1.